The Bertz CT molecular complexity index is 288. The molecule has 1 atom stereocenters. The summed E-state index contributed by atoms with van der Waals surface area (Å²) in [5, 5.41) is 0. The quantitative estimate of drug-likeness (QED) is 0.450. The number of imidazole rings is 1. The van der Waals surface area contributed by atoms with E-state index in [1.807, 2.05) is 6.20 Å². The molecule has 0 radical (unpaired) electrons. The first-order valence-electron chi connectivity index (χ1n) is 7.69. The van der Waals surface area contributed by atoms with Gasteiger partial charge in [0.15, 0.2) is 0 Å². The summed E-state index contributed by atoms with van der Waals surface area (Å²) in [6.07, 6.45) is 12.1. The second kappa shape index (κ2) is 11.0. The monoisotopic (exact) mass is 267 g/mol. The van der Waals surface area contributed by atoms with Crippen LogP contribution in [-0.4, -0.2) is 23.1 Å². The Morgan fingerprint density at radius 2 is 2.16 bits per heavy atom. The predicted molar refractivity (Wildman–Crippen MR) is 78.8 cm³/mol. The molecule has 0 aliphatic heterocycles. The summed E-state index contributed by atoms with van der Waals surface area (Å²) in [6.45, 7) is 6.22. The topological polar surface area (TPSA) is 49.9 Å². The van der Waals surface area contributed by atoms with Crippen LogP contribution in [0.4, 0.5) is 0 Å². The first-order chi connectivity index (χ1) is 9.36. The van der Waals surface area contributed by atoms with Gasteiger partial charge in [0, 0.05) is 25.4 Å². The van der Waals surface area contributed by atoms with E-state index in [4.69, 9.17) is 4.84 Å². The van der Waals surface area contributed by atoms with Crippen LogP contribution in [0.3, 0.4) is 0 Å². The second-order valence-corrected chi connectivity index (χ2v) is 5.14. The number of hydroxylamine groups is 1. The summed E-state index contributed by atoms with van der Waals surface area (Å²) in [7, 11) is 0. The molecular formula is C15H29N3O. The van der Waals surface area contributed by atoms with Crippen molar-refractivity contribution < 1.29 is 4.84 Å². The molecule has 4 nitrogen and oxygen atoms in total. The molecule has 0 fully saturated rings. The molecule has 0 aromatic carbocycles. The molecule has 0 aliphatic carbocycles. The van der Waals surface area contributed by atoms with Crippen molar-refractivity contribution in [2.24, 2.45) is 5.92 Å². The Morgan fingerprint density at radius 1 is 1.26 bits per heavy atom. The molecule has 0 aliphatic rings. The second-order valence-electron chi connectivity index (χ2n) is 5.14. The van der Waals surface area contributed by atoms with Crippen LogP contribution in [0.2, 0.25) is 0 Å². The van der Waals surface area contributed by atoms with Gasteiger partial charge in [-0.25, -0.2) is 10.5 Å². The molecule has 1 unspecified atom stereocenters. The van der Waals surface area contributed by atoms with E-state index in [0.717, 1.165) is 31.8 Å². The predicted octanol–water partition coefficient (Wildman–Crippen LogP) is 3.47. The zero-order valence-electron chi connectivity index (χ0n) is 12.5. The maximum absolute atomic E-state index is 5.58. The Labute approximate surface area is 117 Å². The fourth-order valence-corrected chi connectivity index (χ4v) is 2.22. The average molecular weight is 267 g/mol. The highest BCUT2D eigenvalue weighted by molar-refractivity contribution is 4.86. The minimum Gasteiger partial charge on any atom is -0.349 e. The van der Waals surface area contributed by atoms with Gasteiger partial charge >= 0.3 is 0 Å². The SMILES string of the molecule is CCCCC(CCC)CONCCCc1ncc[nH]1. The van der Waals surface area contributed by atoms with E-state index in [0.29, 0.717) is 5.92 Å². The van der Waals surface area contributed by atoms with Crippen molar-refractivity contribution in [3.8, 4) is 0 Å². The molecule has 0 bridgehead atoms. The van der Waals surface area contributed by atoms with Crippen molar-refractivity contribution in [1.29, 1.82) is 0 Å². The Morgan fingerprint density at radius 3 is 2.84 bits per heavy atom. The zero-order chi connectivity index (χ0) is 13.8. The minimum atomic E-state index is 0.711. The fourth-order valence-electron chi connectivity index (χ4n) is 2.22. The van der Waals surface area contributed by atoms with Gasteiger partial charge in [0.1, 0.15) is 5.82 Å². The van der Waals surface area contributed by atoms with Crippen LogP contribution in [0, 0.1) is 5.92 Å². The Kier molecular flexibility index (Phi) is 9.37. The molecule has 0 saturated carbocycles. The van der Waals surface area contributed by atoms with Crippen molar-refractivity contribution in [2.75, 3.05) is 13.2 Å². The summed E-state index contributed by atoms with van der Waals surface area (Å²) in [5.74, 6) is 1.76. The molecule has 0 saturated heterocycles. The lowest BCUT2D eigenvalue weighted by molar-refractivity contribution is 0.0125. The van der Waals surface area contributed by atoms with Gasteiger partial charge in [-0.3, -0.25) is 0 Å². The summed E-state index contributed by atoms with van der Waals surface area (Å²) >= 11 is 0. The molecule has 1 rings (SSSR count). The summed E-state index contributed by atoms with van der Waals surface area (Å²) in [6, 6.07) is 0. The fraction of sp³-hybridized carbons (Fsp3) is 0.800. The van der Waals surface area contributed by atoms with Crippen LogP contribution in [0.15, 0.2) is 12.4 Å². The Hall–Kier alpha value is -0.870. The molecule has 4 heteroatoms. The van der Waals surface area contributed by atoms with E-state index in [1.165, 1.54) is 32.1 Å². The van der Waals surface area contributed by atoms with E-state index in [-0.39, 0.29) is 0 Å². The van der Waals surface area contributed by atoms with Gasteiger partial charge in [-0.05, 0) is 25.2 Å². The molecule has 2 N–H and O–H groups in total. The summed E-state index contributed by atoms with van der Waals surface area (Å²) in [4.78, 5) is 12.9. The number of rotatable bonds is 12. The van der Waals surface area contributed by atoms with Gasteiger partial charge in [0.2, 0.25) is 0 Å². The first kappa shape index (κ1) is 16.2. The minimum absolute atomic E-state index is 0.711. The number of hydrogen-bond donors (Lipinski definition) is 2. The summed E-state index contributed by atoms with van der Waals surface area (Å²) < 4.78 is 0. The van der Waals surface area contributed by atoms with Gasteiger partial charge in [-0.1, -0.05) is 33.1 Å². The van der Waals surface area contributed by atoms with Crippen molar-refractivity contribution in [2.45, 2.75) is 58.8 Å². The van der Waals surface area contributed by atoms with Crippen molar-refractivity contribution in [3.05, 3.63) is 18.2 Å². The number of hydrogen-bond acceptors (Lipinski definition) is 3. The van der Waals surface area contributed by atoms with E-state index in [9.17, 15) is 0 Å². The lowest BCUT2D eigenvalue weighted by Gasteiger charge is -2.15. The number of unbranched alkanes of at least 4 members (excludes halogenated alkanes) is 1. The van der Waals surface area contributed by atoms with Gasteiger partial charge < -0.3 is 9.82 Å². The van der Waals surface area contributed by atoms with Crippen molar-refractivity contribution in [1.82, 2.24) is 15.4 Å². The number of nitrogens with zero attached hydrogens (tertiary/aromatic N) is 1. The molecule has 19 heavy (non-hydrogen) atoms. The number of aromatic nitrogens is 2. The largest absolute Gasteiger partial charge is 0.349 e. The number of aromatic amines is 1. The van der Waals surface area contributed by atoms with Crippen LogP contribution in [-0.2, 0) is 11.3 Å². The normalized spacial score (nSPS) is 12.7. The Balaban J connectivity index is 1.98. The van der Waals surface area contributed by atoms with E-state index in [2.05, 4.69) is 29.3 Å². The number of aryl methyl sites for hydroxylation is 1. The van der Waals surface area contributed by atoms with Crippen LogP contribution < -0.4 is 5.48 Å². The van der Waals surface area contributed by atoms with Gasteiger partial charge in [0.25, 0.3) is 0 Å². The van der Waals surface area contributed by atoms with Gasteiger partial charge in [0.05, 0.1) is 6.61 Å². The molecular weight excluding hydrogens is 238 g/mol. The maximum Gasteiger partial charge on any atom is 0.106 e. The molecule has 1 aromatic heterocycles. The highest BCUT2D eigenvalue weighted by Gasteiger charge is 2.07. The molecule has 0 amide bonds. The van der Waals surface area contributed by atoms with Crippen molar-refractivity contribution >= 4 is 0 Å². The zero-order valence-corrected chi connectivity index (χ0v) is 12.5. The molecule has 1 heterocycles. The first-order valence-corrected chi connectivity index (χ1v) is 7.69. The van der Waals surface area contributed by atoms with Crippen LogP contribution in [0.25, 0.3) is 0 Å². The van der Waals surface area contributed by atoms with E-state index >= 15 is 0 Å². The molecule has 110 valence electrons. The highest BCUT2D eigenvalue weighted by atomic mass is 16.6. The third-order valence-corrected chi connectivity index (χ3v) is 3.33. The number of nitrogens with one attached hydrogen (secondary N) is 2. The summed E-state index contributed by atoms with van der Waals surface area (Å²) in [5.41, 5.74) is 3.07. The van der Waals surface area contributed by atoms with Crippen molar-refractivity contribution in [3.63, 3.8) is 0 Å². The standard InChI is InChI=1S/C15H29N3O/c1-3-5-8-14(7-4-2)13-19-18-10-6-9-15-16-11-12-17-15/h11-12,14,18H,3-10,13H2,1-2H3,(H,16,17). The lowest BCUT2D eigenvalue weighted by Crippen LogP contribution is -2.21. The van der Waals surface area contributed by atoms with Gasteiger partial charge in [-0.15, -0.1) is 0 Å². The maximum atomic E-state index is 5.58. The molecule has 0 spiro atoms. The lowest BCUT2D eigenvalue weighted by atomic mass is 9.98. The van der Waals surface area contributed by atoms with Gasteiger partial charge in [-0.2, -0.15) is 0 Å². The number of H-pyrrole nitrogens is 1. The highest BCUT2D eigenvalue weighted by Crippen LogP contribution is 2.14. The van der Waals surface area contributed by atoms with E-state index in [1.54, 1.807) is 6.20 Å². The van der Waals surface area contributed by atoms with Crippen LogP contribution in [0.1, 0.15) is 58.2 Å². The third kappa shape index (κ3) is 8.01. The van der Waals surface area contributed by atoms with Crippen LogP contribution >= 0.6 is 0 Å². The smallest absolute Gasteiger partial charge is 0.106 e. The van der Waals surface area contributed by atoms with Crippen LogP contribution in [0.5, 0.6) is 0 Å². The third-order valence-electron chi connectivity index (χ3n) is 3.33. The average Bonchev–Trinajstić information content (AvgIpc) is 2.93. The molecule has 1 aromatic rings. The van der Waals surface area contributed by atoms with E-state index < -0.39 is 0 Å².